The number of hydrogen-bond acceptors (Lipinski definition) is 3. The fourth-order valence-corrected chi connectivity index (χ4v) is 3.18. The summed E-state index contributed by atoms with van der Waals surface area (Å²) in [5, 5.41) is 3.31. The number of nitrogens with one attached hydrogen (secondary N) is 1. The average Bonchev–Trinajstić information content (AvgIpc) is 1.81. The summed E-state index contributed by atoms with van der Waals surface area (Å²) in [6.07, 6.45) is 0. The summed E-state index contributed by atoms with van der Waals surface area (Å²) >= 11 is 2.36. The Bertz CT molecular complexity index is 97.1. The molecule has 0 atom stereocenters. The van der Waals surface area contributed by atoms with E-state index in [0.29, 0.717) is 4.87 Å². The van der Waals surface area contributed by atoms with Crippen molar-refractivity contribution in [1.29, 1.82) is 0 Å². The number of rotatable bonds is 2. The van der Waals surface area contributed by atoms with Crippen molar-refractivity contribution < 1.29 is 0 Å². The lowest BCUT2D eigenvalue weighted by Crippen LogP contribution is -2.64. The molecule has 0 bridgehead atoms. The van der Waals surface area contributed by atoms with Gasteiger partial charge in [0, 0.05) is 13.1 Å². The summed E-state index contributed by atoms with van der Waals surface area (Å²) in [5.41, 5.74) is 0. The van der Waals surface area contributed by atoms with Gasteiger partial charge in [-0.1, -0.05) is 8.93 Å². The highest BCUT2D eigenvalue weighted by Crippen LogP contribution is 2.35. The van der Waals surface area contributed by atoms with Crippen LogP contribution in [0, 0.1) is 0 Å². The first-order valence-electron chi connectivity index (χ1n) is 2.90. The third-order valence-corrected chi connectivity index (χ3v) is 4.94. The van der Waals surface area contributed by atoms with Crippen LogP contribution in [0.15, 0.2) is 0 Å². The molecule has 1 fully saturated rings. The maximum atomic E-state index is 3.31. The number of halogens is 1. The van der Waals surface area contributed by atoms with Crippen molar-refractivity contribution in [3.05, 3.63) is 0 Å². The topological polar surface area (TPSA) is 15.3 Å². The van der Waals surface area contributed by atoms with E-state index in [4.69, 9.17) is 0 Å². The molecular weight excluding hydrogens is 247 g/mol. The third kappa shape index (κ3) is 1.53. The molecule has 54 valence electrons. The van der Waals surface area contributed by atoms with Crippen molar-refractivity contribution in [3.63, 3.8) is 0 Å². The van der Waals surface area contributed by atoms with Gasteiger partial charge in [-0.25, -0.2) is 0 Å². The second kappa shape index (κ2) is 2.94. The van der Waals surface area contributed by atoms with Crippen molar-refractivity contribution >= 4 is 30.1 Å². The number of likely N-dealkylation sites (tertiary alicyclic amines) is 1. The molecule has 0 amide bonds. The lowest BCUT2D eigenvalue weighted by Gasteiger charge is -2.46. The largest absolute Gasteiger partial charge is 0.303 e. The minimum atomic E-state index is 0.356. The summed E-state index contributed by atoms with van der Waals surface area (Å²) in [5.74, 6) is 0. The standard InChI is InChI=1S/C5H11IN2S/c1-7-5(9-6)3-8(2)4-5/h7H,3-4H2,1-2H3. The van der Waals surface area contributed by atoms with Gasteiger partial charge in [0.2, 0.25) is 0 Å². The summed E-state index contributed by atoms with van der Waals surface area (Å²) in [4.78, 5) is 2.66. The first-order valence-corrected chi connectivity index (χ1v) is 6.25. The fourth-order valence-electron chi connectivity index (χ4n) is 1.07. The van der Waals surface area contributed by atoms with Crippen LogP contribution in [0.3, 0.4) is 0 Å². The molecule has 1 aliphatic rings. The van der Waals surface area contributed by atoms with Crippen LogP contribution in [-0.4, -0.2) is 37.0 Å². The molecule has 0 aliphatic carbocycles. The SMILES string of the molecule is CNC1(SI)CN(C)C1. The Hall–Kier alpha value is 1.00. The van der Waals surface area contributed by atoms with Gasteiger partial charge in [-0.15, -0.1) is 0 Å². The van der Waals surface area contributed by atoms with E-state index < -0.39 is 0 Å². The lowest BCUT2D eigenvalue weighted by atomic mass is 10.1. The van der Waals surface area contributed by atoms with E-state index in [2.05, 4.69) is 38.5 Å². The highest BCUT2D eigenvalue weighted by molar-refractivity contribution is 14.2. The zero-order valence-corrected chi connectivity index (χ0v) is 8.62. The van der Waals surface area contributed by atoms with E-state index in [1.165, 1.54) is 0 Å². The molecule has 0 aromatic carbocycles. The van der Waals surface area contributed by atoms with Crippen LogP contribution < -0.4 is 5.32 Å². The molecule has 1 aliphatic heterocycles. The molecule has 4 heteroatoms. The Morgan fingerprint density at radius 1 is 1.67 bits per heavy atom. The molecule has 0 aromatic rings. The maximum absolute atomic E-state index is 3.31. The second-order valence-corrected chi connectivity index (χ2v) is 4.75. The smallest absolute Gasteiger partial charge is 0.0998 e. The first-order chi connectivity index (χ1) is 4.22. The van der Waals surface area contributed by atoms with E-state index in [9.17, 15) is 0 Å². The summed E-state index contributed by atoms with van der Waals surface area (Å²) < 4.78 is 0. The average molecular weight is 258 g/mol. The van der Waals surface area contributed by atoms with Gasteiger partial charge in [-0.05, 0) is 35.3 Å². The molecular formula is C5H11IN2S. The quantitative estimate of drug-likeness (QED) is 0.586. The maximum Gasteiger partial charge on any atom is 0.0998 e. The normalized spacial score (nSPS) is 25.7. The summed E-state index contributed by atoms with van der Waals surface area (Å²) in [6.45, 7) is 2.33. The third-order valence-electron chi connectivity index (χ3n) is 1.65. The van der Waals surface area contributed by atoms with Crippen LogP contribution in [-0.2, 0) is 0 Å². The molecule has 2 nitrogen and oxygen atoms in total. The van der Waals surface area contributed by atoms with Crippen LogP contribution >= 0.6 is 30.1 Å². The van der Waals surface area contributed by atoms with Crippen molar-refractivity contribution in [2.24, 2.45) is 0 Å². The first kappa shape index (κ1) is 8.10. The molecule has 1 rings (SSSR count). The van der Waals surface area contributed by atoms with Crippen molar-refractivity contribution in [3.8, 4) is 0 Å². The van der Waals surface area contributed by atoms with Crippen molar-refractivity contribution in [1.82, 2.24) is 10.2 Å². The number of likely N-dealkylation sites (N-methyl/N-ethyl adjacent to an activating group) is 2. The van der Waals surface area contributed by atoms with E-state index in [-0.39, 0.29) is 0 Å². The van der Waals surface area contributed by atoms with Gasteiger partial charge >= 0.3 is 0 Å². The zero-order chi connectivity index (χ0) is 6.91. The molecule has 0 saturated carbocycles. The van der Waals surface area contributed by atoms with Gasteiger partial charge in [-0.3, -0.25) is 0 Å². The Morgan fingerprint density at radius 2 is 2.22 bits per heavy atom. The van der Waals surface area contributed by atoms with Crippen molar-refractivity contribution in [2.75, 3.05) is 27.2 Å². The van der Waals surface area contributed by atoms with E-state index >= 15 is 0 Å². The molecule has 9 heavy (non-hydrogen) atoms. The molecule has 1 saturated heterocycles. The van der Waals surface area contributed by atoms with Gasteiger partial charge in [0.15, 0.2) is 0 Å². The van der Waals surface area contributed by atoms with Gasteiger partial charge in [-0.2, -0.15) is 0 Å². The van der Waals surface area contributed by atoms with E-state index in [1.54, 1.807) is 0 Å². The van der Waals surface area contributed by atoms with Crippen LogP contribution in [0.1, 0.15) is 0 Å². The minimum Gasteiger partial charge on any atom is -0.303 e. The Morgan fingerprint density at radius 3 is 2.33 bits per heavy atom. The van der Waals surface area contributed by atoms with E-state index in [1.807, 2.05) is 16.0 Å². The predicted octanol–water partition coefficient (Wildman–Crippen LogP) is 0.931. The fraction of sp³-hybridized carbons (Fsp3) is 1.00. The van der Waals surface area contributed by atoms with Crippen LogP contribution in [0.4, 0.5) is 0 Å². The summed E-state index contributed by atoms with van der Waals surface area (Å²) in [6, 6.07) is 0. The van der Waals surface area contributed by atoms with Gasteiger partial charge in [0.05, 0.1) is 4.87 Å². The molecule has 0 spiro atoms. The minimum absolute atomic E-state index is 0.356. The molecule has 1 heterocycles. The molecule has 0 radical (unpaired) electrons. The number of hydrogen-bond donors (Lipinski definition) is 1. The Labute approximate surface area is 72.3 Å². The van der Waals surface area contributed by atoms with Gasteiger partial charge < -0.3 is 10.2 Å². The van der Waals surface area contributed by atoms with Gasteiger partial charge in [0.25, 0.3) is 0 Å². The van der Waals surface area contributed by atoms with Crippen molar-refractivity contribution in [2.45, 2.75) is 4.87 Å². The van der Waals surface area contributed by atoms with Crippen LogP contribution in [0.2, 0.25) is 0 Å². The monoisotopic (exact) mass is 258 g/mol. The Kier molecular flexibility index (Phi) is 2.64. The van der Waals surface area contributed by atoms with Crippen LogP contribution in [0.5, 0.6) is 0 Å². The predicted molar refractivity (Wildman–Crippen MR) is 50.9 cm³/mol. The van der Waals surface area contributed by atoms with E-state index in [0.717, 1.165) is 13.1 Å². The number of nitrogens with zero attached hydrogens (tertiary/aromatic N) is 1. The highest BCUT2D eigenvalue weighted by atomic mass is 127. The second-order valence-electron chi connectivity index (χ2n) is 2.49. The highest BCUT2D eigenvalue weighted by Gasteiger charge is 2.39. The van der Waals surface area contributed by atoms with Crippen LogP contribution in [0.25, 0.3) is 0 Å². The molecule has 0 unspecified atom stereocenters. The molecule has 0 aromatic heterocycles. The zero-order valence-electron chi connectivity index (χ0n) is 5.65. The summed E-state index contributed by atoms with van der Waals surface area (Å²) in [7, 11) is 6.05. The Balaban J connectivity index is 2.36. The molecule has 1 N–H and O–H groups in total. The lowest BCUT2D eigenvalue weighted by molar-refractivity contribution is 0.145. The van der Waals surface area contributed by atoms with Gasteiger partial charge in [0.1, 0.15) is 0 Å².